The lowest BCUT2D eigenvalue weighted by molar-refractivity contribution is -0.287. The molecule has 1 aliphatic heterocycles. The summed E-state index contributed by atoms with van der Waals surface area (Å²) in [5, 5.41) is 14.3. The third-order valence-corrected chi connectivity index (χ3v) is 4.90. The Morgan fingerprint density at radius 1 is 1.07 bits per heavy atom. The van der Waals surface area contributed by atoms with Gasteiger partial charge in [-0.2, -0.15) is 13.2 Å². The molecule has 3 rings (SSSR count). The molecule has 1 fully saturated rings. The van der Waals surface area contributed by atoms with Gasteiger partial charge in [0.1, 0.15) is 5.92 Å². The van der Waals surface area contributed by atoms with Gasteiger partial charge >= 0.3 is 12.2 Å². The maximum atomic E-state index is 13.7. The quantitative estimate of drug-likeness (QED) is 0.636. The summed E-state index contributed by atoms with van der Waals surface area (Å²) in [4.78, 5) is 24.8. The Morgan fingerprint density at radius 2 is 1.67 bits per heavy atom. The van der Waals surface area contributed by atoms with E-state index in [-0.39, 0.29) is 11.1 Å². The summed E-state index contributed by atoms with van der Waals surface area (Å²) in [7, 11) is 0. The topological polar surface area (TPSA) is 78.4 Å². The van der Waals surface area contributed by atoms with Gasteiger partial charge in [0.05, 0.1) is 6.04 Å². The summed E-state index contributed by atoms with van der Waals surface area (Å²) in [6.07, 6.45) is -5.27. The van der Waals surface area contributed by atoms with E-state index in [1.54, 1.807) is 18.2 Å². The maximum Gasteiger partial charge on any atom is 0.437 e. The van der Waals surface area contributed by atoms with E-state index in [1.165, 1.54) is 41.7 Å². The number of alkyl halides is 3. The molecule has 0 aromatic heterocycles. The number of rotatable bonds is 3. The molecule has 3 N–H and O–H groups in total. The van der Waals surface area contributed by atoms with Crippen molar-refractivity contribution >= 4 is 27.7 Å². The highest BCUT2D eigenvalue weighted by molar-refractivity contribution is 9.10. The molecule has 5 nitrogen and oxygen atoms in total. The van der Waals surface area contributed by atoms with Gasteiger partial charge in [-0.05, 0) is 17.7 Å². The van der Waals surface area contributed by atoms with Crippen molar-refractivity contribution in [2.24, 2.45) is 5.92 Å². The minimum Gasteiger partial charge on any atom is -0.363 e. The van der Waals surface area contributed by atoms with E-state index in [2.05, 4.69) is 21.2 Å². The fraction of sp³-hybridized carbons (Fsp3) is 0.222. The monoisotopic (exact) mass is 442 g/mol. The zero-order valence-electron chi connectivity index (χ0n) is 13.6. The molecule has 0 spiro atoms. The van der Waals surface area contributed by atoms with Gasteiger partial charge in [-0.3, -0.25) is 4.79 Å². The number of hydrogen-bond donors (Lipinski definition) is 3. The van der Waals surface area contributed by atoms with Crippen LogP contribution >= 0.6 is 15.9 Å². The molecule has 142 valence electrons. The molecule has 27 heavy (non-hydrogen) atoms. The van der Waals surface area contributed by atoms with Crippen LogP contribution in [0.3, 0.4) is 0 Å². The number of carbonyl (C=O) groups excluding carboxylic acids is 2. The maximum absolute atomic E-state index is 13.7. The molecule has 0 aliphatic carbocycles. The Hall–Kier alpha value is -2.39. The first-order chi connectivity index (χ1) is 12.6. The number of aliphatic hydroxyl groups is 1. The van der Waals surface area contributed by atoms with Gasteiger partial charge in [0, 0.05) is 10.0 Å². The second-order valence-corrected chi connectivity index (χ2v) is 7.02. The number of ketones is 1. The third kappa shape index (κ3) is 3.57. The standard InChI is InChI=1S/C18H14BrF3N2O3/c19-12-8-6-10(7-9-12)14-13(15(25)11-4-2-1-3-5-11)17(27,18(20,21)22)24-16(26)23-14/h1-9,13-14,27H,(H2,23,24,26)/t13-,14-,17+/m1/s1. The lowest BCUT2D eigenvalue weighted by Crippen LogP contribution is -2.72. The van der Waals surface area contributed by atoms with E-state index in [4.69, 9.17) is 0 Å². The van der Waals surface area contributed by atoms with Crippen LogP contribution in [0.25, 0.3) is 0 Å². The first-order valence-corrected chi connectivity index (χ1v) is 8.65. The van der Waals surface area contributed by atoms with Crippen LogP contribution in [-0.4, -0.2) is 28.8 Å². The Balaban J connectivity index is 2.15. The fourth-order valence-electron chi connectivity index (χ4n) is 3.07. The van der Waals surface area contributed by atoms with Crippen molar-refractivity contribution in [1.29, 1.82) is 0 Å². The number of nitrogens with one attached hydrogen (secondary N) is 2. The van der Waals surface area contributed by atoms with Gasteiger partial charge in [-0.1, -0.05) is 58.4 Å². The number of carbonyl (C=O) groups is 2. The largest absolute Gasteiger partial charge is 0.437 e. The summed E-state index contributed by atoms with van der Waals surface area (Å²) in [6, 6.07) is 10.8. The van der Waals surface area contributed by atoms with Crippen LogP contribution in [0.15, 0.2) is 59.1 Å². The molecule has 3 atom stereocenters. The van der Waals surface area contributed by atoms with E-state index in [9.17, 15) is 27.9 Å². The number of Topliss-reactive ketones (excluding diaryl/α,β-unsaturated/α-hetero) is 1. The zero-order valence-corrected chi connectivity index (χ0v) is 15.2. The lowest BCUT2D eigenvalue weighted by atomic mass is 9.77. The number of urea groups is 1. The van der Waals surface area contributed by atoms with Crippen LogP contribution in [-0.2, 0) is 0 Å². The molecule has 9 heteroatoms. The second kappa shape index (κ2) is 6.97. The molecule has 1 aliphatic rings. The fourth-order valence-corrected chi connectivity index (χ4v) is 3.33. The Kier molecular flexibility index (Phi) is 5.00. The molecule has 1 saturated heterocycles. The SMILES string of the molecule is O=C1N[C@H](c2ccc(Br)cc2)[C@H](C(=O)c2ccccc2)[C@](O)(C(F)(F)F)N1. The van der Waals surface area contributed by atoms with Crippen LogP contribution in [0.2, 0.25) is 0 Å². The van der Waals surface area contributed by atoms with Crippen molar-refractivity contribution in [3.63, 3.8) is 0 Å². The Labute approximate surface area is 160 Å². The van der Waals surface area contributed by atoms with E-state index >= 15 is 0 Å². The molecular formula is C18H14BrF3N2O3. The molecule has 0 unspecified atom stereocenters. The molecule has 1 heterocycles. The van der Waals surface area contributed by atoms with Gasteiger partial charge in [-0.25, -0.2) is 4.79 Å². The van der Waals surface area contributed by atoms with Crippen LogP contribution < -0.4 is 10.6 Å². The van der Waals surface area contributed by atoms with Crippen molar-refractivity contribution in [2.75, 3.05) is 0 Å². The number of amides is 2. The first kappa shape index (κ1) is 19.4. The van der Waals surface area contributed by atoms with Crippen molar-refractivity contribution in [1.82, 2.24) is 10.6 Å². The minimum atomic E-state index is -5.27. The van der Waals surface area contributed by atoms with Crippen LogP contribution in [0.5, 0.6) is 0 Å². The highest BCUT2D eigenvalue weighted by Crippen LogP contribution is 2.44. The molecule has 2 aromatic carbocycles. The van der Waals surface area contributed by atoms with Crippen LogP contribution in [0.4, 0.5) is 18.0 Å². The highest BCUT2D eigenvalue weighted by Gasteiger charge is 2.66. The van der Waals surface area contributed by atoms with E-state index in [0.717, 1.165) is 0 Å². The van der Waals surface area contributed by atoms with E-state index < -0.39 is 35.7 Å². The molecule has 0 saturated carbocycles. The zero-order chi connectivity index (χ0) is 19.8. The predicted octanol–water partition coefficient (Wildman–Crippen LogP) is 3.55. The second-order valence-electron chi connectivity index (χ2n) is 6.10. The van der Waals surface area contributed by atoms with Gasteiger partial charge in [0.15, 0.2) is 5.78 Å². The lowest BCUT2D eigenvalue weighted by Gasteiger charge is -2.45. The van der Waals surface area contributed by atoms with Crippen molar-refractivity contribution < 1.29 is 27.9 Å². The van der Waals surface area contributed by atoms with Crippen LogP contribution in [0, 0.1) is 5.92 Å². The van der Waals surface area contributed by atoms with E-state index in [0.29, 0.717) is 4.47 Å². The minimum absolute atomic E-state index is 0.00904. The number of benzene rings is 2. The first-order valence-electron chi connectivity index (χ1n) is 7.86. The highest BCUT2D eigenvalue weighted by atomic mass is 79.9. The molecule has 0 radical (unpaired) electrons. The Bertz CT molecular complexity index is 858. The number of halogens is 4. The van der Waals surface area contributed by atoms with Gasteiger partial charge in [0.2, 0.25) is 5.72 Å². The molecule has 2 aromatic rings. The van der Waals surface area contributed by atoms with Crippen molar-refractivity contribution in [2.45, 2.75) is 17.9 Å². The van der Waals surface area contributed by atoms with Gasteiger partial charge in [-0.15, -0.1) is 0 Å². The van der Waals surface area contributed by atoms with Gasteiger partial charge < -0.3 is 15.7 Å². The van der Waals surface area contributed by atoms with E-state index in [1.807, 2.05) is 0 Å². The average molecular weight is 443 g/mol. The third-order valence-electron chi connectivity index (χ3n) is 4.38. The molecule has 2 amide bonds. The summed E-state index contributed by atoms with van der Waals surface area (Å²) in [5.41, 5.74) is -3.48. The smallest absolute Gasteiger partial charge is 0.363 e. The Morgan fingerprint density at radius 3 is 2.22 bits per heavy atom. The number of hydrogen-bond acceptors (Lipinski definition) is 3. The molecule has 0 bridgehead atoms. The summed E-state index contributed by atoms with van der Waals surface area (Å²) in [6.45, 7) is 0. The van der Waals surface area contributed by atoms with Crippen molar-refractivity contribution in [3.05, 3.63) is 70.2 Å². The van der Waals surface area contributed by atoms with Crippen molar-refractivity contribution in [3.8, 4) is 0 Å². The van der Waals surface area contributed by atoms with Gasteiger partial charge in [0.25, 0.3) is 0 Å². The summed E-state index contributed by atoms with van der Waals surface area (Å²) < 4.78 is 41.8. The molecular weight excluding hydrogens is 429 g/mol. The predicted molar refractivity (Wildman–Crippen MR) is 93.8 cm³/mol. The average Bonchev–Trinajstić information content (AvgIpc) is 2.61. The normalized spacial score (nSPS) is 25.4. The van der Waals surface area contributed by atoms with Crippen LogP contribution in [0.1, 0.15) is 22.0 Å². The summed E-state index contributed by atoms with van der Waals surface area (Å²) >= 11 is 3.22. The summed E-state index contributed by atoms with van der Waals surface area (Å²) in [5.74, 6) is -2.98.